The van der Waals surface area contributed by atoms with Gasteiger partial charge in [-0.15, -0.1) is 10.2 Å². The highest BCUT2D eigenvalue weighted by molar-refractivity contribution is 14.1. The minimum Gasteiger partial charge on any atom is -0.473 e. The van der Waals surface area contributed by atoms with Crippen LogP contribution < -0.4 is 4.74 Å². The van der Waals surface area contributed by atoms with E-state index in [1.54, 1.807) is 4.90 Å². The first-order chi connectivity index (χ1) is 10.7. The van der Waals surface area contributed by atoms with Crippen LogP contribution in [0.15, 0.2) is 12.1 Å². The van der Waals surface area contributed by atoms with Gasteiger partial charge in [0.1, 0.15) is 9.80 Å². The van der Waals surface area contributed by atoms with E-state index in [1.165, 1.54) is 0 Å². The van der Waals surface area contributed by atoms with E-state index in [1.807, 2.05) is 12.1 Å². The second kappa shape index (κ2) is 5.75. The normalized spacial score (nSPS) is 30.3. The van der Waals surface area contributed by atoms with Crippen molar-refractivity contribution >= 4 is 28.7 Å². The molecule has 7 heteroatoms. The first-order valence-electron chi connectivity index (χ1n) is 7.91. The summed E-state index contributed by atoms with van der Waals surface area (Å²) in [5.41, 5.74) is -0.511. The summed E-state index contributed by atoms with van der Waals surface area (Å²) in [5, 5.41) is 17.8. The molecule has 2 aliphatic rings. The quantitative estimate of drug-likeness (QED) is 0.725. The Bertz CT molecular complexity index is 602. The second-order valence-electron chi connectivity index (χ2n) is 7.50. The van der Waals surface area contributed by atoms with Gasteiger partial charge in [0.15, 0.2) is 0 Å². The van der Waals surface area contributed by atoms with Gasteiger partial charge < -0.3 is 9.84 Å². The zero-order valence-electron chi connectivity index (χ0n) is 13.6. The van der Waals surface area contributed by atoms with E-state index < -0.39 is 6.09 Å². The van der Waals surface area contributed by atoms with E-state index >= 15 is 0 Å². The molecule has 1 aromatic heterocycles. The summed E-state index contributed by atoms with van der Waals surface area (Å²) in [7, 11) is 0. The molecule has 2 saturated heterocycles. The van der Waals surface area contributed by atoms with Crippen LogP contribution in [0.4, 0.5) is 4.79 Å². The van der Waals surface area contributed by atoms with Crippen LogP contribution in [0, 0.1) is 9.12 Å². The van der Waals surface area contributed by atoms with Crippen molar-refractivity contribution in [1.82, 2.24) is 15.1 Å². The summed E-state index contributed by atoms with van der Waals surface area (Å²) in [6.07, 6.45) is 2.39. The van der Waals surface area contributed by atoms with Crippen molar-refractivity contribution in [1.29, 1.82) is 0 Å². The Balaban J connectivity index is 1.85. The highest BCUT2D eigenvalue weighted by atomic mass is 127. The van der Waals surface area contributed by atoms with Crippen molar-refractivity contribution in [2.45, 2.75) is 64.1 Å². The van der Waals surface area contributed by atoms with Gasteiger partial charge in [-0.2, -0.15) is 0 Å². The molecule has 0 aromatic carbocycles. The third-order valence-electron chi connectivity index (χ3n) is 5.31. The molecule has 1 aromatic rings. The lowest BCUT2D eigenvalue weighted by Crippen LogP contribution is -2.62. The Morgan fingerprint density at radius 3 is 2.74 bits per heavy atom. The third-order valence-corrected chi connectivity index (χ3v) is 5.89. The maximum atomic E-state index is 11.8. The summed E-state index contributed by atoms with van der Waals surface area (Å²) < 4.78 is 6.86. The van der Waals surface area contributed by atoms with Crippen molar-refractivity contribution in [3.8, 4) is 5.88 Å². The molecule has 3 atom stereocenters. The molecular weight excluding hydrogens is 409 g/mol. The van der Waals surface area contributed by atoms with Crippen molar-refractivity contribution in [2.24, 2.45) is 5.41 Å². The third kappa shape index (κ3) is 2.88. The Labute approximate surface area is 149 Å². The fourth-order valence-electron chi connectivity index (χ4n) is 4.20. The predicted octanol–water partition coefficient (Wildman–Crippen LogP) is 3.55. The van der Waals surface area contributed by atoms with Gasteiger partial charge in [-0.1, -0.05) is 20.8 Å². The first kappa shape index (κ1) is 16.7. The molecule has 0 spiro atoms. The van der Waals surface area contributed by atoms with Gasteiger partial charge in [-0.05, 0) is 46.9 Å². The van der Waals surface area contributed by atoms with Gasteiger partial charge in [0.05, 0.1) is 5.54 Å². The summed E-state index contributed by atoms with van der Waals surface area (Å²) >= 11 is 2.11. The molecule has 3 unspecified atom stereocenters. The van der Waals surface area contributed by atoms with Crippen LogP contribution in [0.2, 0.25) is 0 Å². The average Bonchev–Trinajstić information content (AvgIpc) is 2.71. The zero-order chi connectivity index (χ0) is 16.8. The second-order valence-corrected chi connectivity index (χ2v) is 8.61. The number of halogens is 1. The highest BCUT2D eigenvalue weighted by Crippen LogP contribution is 2.53. The lowest BCUT2D eigenvalue weighted by molar-refractivity contribution is -0.0530. The van der Waals surface area contributed by atoms with Gasteiger partial charge in [0, 0.05) is 24.9 Å². The molecule has 1 amide bonds. The molecule has 0 saturated carbocycles. The summed E-state index contributed by atoms with van der Waals surface area (Å²) in [4.78, 5) is 13.5. The number of rotatable bonds is 2. The van der Waals surface area contributed by atoms with Gasteiger partial charge in [-0.3, -0.25) is 4.90 Å². The van der Waals surface area contributed by atoms with Crippen molar-refractivity contribution in [3.05, 3.63) is 15.8 Å². The van der Waals surface area contributed by atoms with E-state index in [4.69, 9.17) is 4.74 Å². The number of carbonyl (C=O) groups is 1. The average molecular weight is 431 g/mol. The molecule has 3 heterocycles. The fourth-order valence-corrected chi connectivity index (χ4v) is 4.49. The van der Waals surface area contributed by atoms with Gasteiger partial charge in [-0.25, -0.2) is 4.79 Å². The fraction of sp³-hybridized carbons (Fsp3) is 0.688. The van der Waals surface area contributed by atoms with Crippen LogP contribution in [-0.2, 0) is 0 Å². The predicted molar refractivity (Wildman–Crippen MR) is 93.5 cm³/mol. The molecule has 3 rings (SSSR count). The van der Waals surface area contributed by atoms with E-state index in [-0.39, 0.29) is 23.1 Å². The largest absolute Gasteiger partial charge is 0.473 e. The van der Waals surface area contributed by atoms with Crippen LogP contribution in [0.3, 0.4) is 0 Å². The molecular formula is C16H22IN3O3. The number of aromatic nitrogens is 2. The van der Waals surface area contributed by atoms with E-state index in [0.29, 0.717) is 12.3 Å². The summed E-state index contributed by atoms with van der Waals surface area (Å²) in [5.74, 6) is 0.516. The standard InChI is InChI=1S/C16H22IN3O3/c1-15(2,3)16-7-6-10(20(16)14(21)22)8-11(9-16)23-13-5-4-12(17)18-19-13/h4-5,10-11H,6-9H2,1-3H3,(H,21,22). The number of ether oxygens (including phenoxy) is 1. The smallest absolute Gasteiger partial charge is 0.408 e. The summed E-state index contributed by atoms with van der Waals surface area (Å²) in [6.45, 7) is 6.37. The molecule has 0 radical (unpaired) electrons. The number of hydrogen-bond donors (Lipinski definition) is 1. The Morgan fingerprint density at radius 1 is 1.43 bits per heavy atom. The maximum Gasteiger partial charge on any atom is 0.408 e. The first-order valence-corrected chi connectivity index (χ1v) is 8.99. The van der Waals surface area contributed by atoms with Crippen molar-refractivity contribution < 1.29 is 14.6 Å². The van der Waals surface area contributed by atoms with E-state index in [0.717, 1.165) is 23.0 Å². The van der Waals surface area contributed by atoms with Crippen LogP contribution in [0.5, 0.6) is 5.88 Å². The maximum absolute atomic E-state index is 11.8. The minimum atomic E-state index is -0.810. The van der Waals surface area contributed by atoms with Crippen molar-refractivity contribution in [3.63, 3.8) is 0 Å². The number of amides is 1. The molecule has 2 bridgehead atoms. The van der Waals surface area contributed by atoms with Crippen LogP contribution >= 0.6 is 22.6 Å². The number of piperidine rings is 1. The molecule has 2 aliphatic heterocycles. The van der Waals surface area contributed by atoms with Crippen molar-refractivity contribution in [2.75, 3.05) is 0 Å². The number of fused-ring (bicyclic) bond motifs is 2. The van der Waals surface area contributed by atoms with Gasteiger partial charge in [0.2, 0.25) is 5.88 Å². The number of carboxylic acid groups (broad SMARTS) is 1. The van der Waals surface area contributed by atoms with Gasteiger partial charge in [0.25, 0.3) is 0 Å². The number of nitrogens with zero attached hydrogens (tertiary/aromatic N) is 3. The lowest BCUT2D eigenvalue weighted by Gasteiger charge is -2.53. The highest BCUT2D eigenvalue weighted by Gasteiger charge is 2.59. The number of hydrogen-bond acceptors (Lipinski definition) is 4. The molecule has 1 N–H and O–H groups in total. The zero-order valence-corrected chi connectivity index (χ0v) is 15.8. The Morgan fingerprint density at radius 2 is 2.17 bits per heavy atom. The van der Waals surface area contributed by atoms with Gasteiger partial charge >= 0.3 is 6.09 Å². The minimum absolute atomic E-state index is 0.0216. The summed E-state index contributed by atoms with van der Waals surface area (Å²) in [6, 6.07) is 3.72. The Kier molecular flexibility index (Phi) is 4.18. The van der Waals surface area contributed by atoms with Crippen LogP contribution in [0.25, 0.3) is 0 Å². The van der Waals surface area contributed by atoms with E-state index in [9.17, 15) is 9.90 Å². The molecule has 126 valence electrons. The SMILES string of the molecule is CC(C)(C)C12CCC(CC(Oc3ccc(I)nn3)C1)N2C(=O)O. The molecule has 6 nitrogen and oxygen atoms in total. The monoisotopic (exact) mass is 431 g/mol. The van der Waals surface area contributed by atoms with Crippen LogP contribution in [0.1, 0.15) is 46.5 Å². The molecule has 0 aliphatic carbocycles. The van der Waals surface area contributed by atoms with E-state index in [2.05, 4.69) is 53.6 Å². The topological polar surface area (TPSA) is 75.6 Å². The molecule has 23 heavy (non-hydrogen) atoms. The van der Waals surface area contributed by atoms with Crippen LogP contribution in [-0.4, -0.2) is 44.0 Å². The Hall–Kier alpha value is -1.12. The molecule has 2 fully saturated rings. The lowest BCUT2D eigenvalue weighted by atomic mass is 9.68.